The lowest BCUT2D eigenvalue weighted by Gasteiger charge is -2.32. The van der Waals surface area contributed by atoms with Crippen LogP contribution in [0.4, 0.5) is 11.6 Å². The van der Waals surface area contributed by atoms with Crippen molar-refractivity contribution in [2.24, 2.45) is 11.8 Å². The molecule has 0 unspecified atom stereocenters. The third kappa shape index (κ3) is 12.5. The number of carboxylic acids is 1. The first kappa shape index (κ1) is 47.2. The first-order valence-electron chi connectivity index (χ1n) is 19.2. The first-order valence-corrected chi connectivity index (χ1v) is 21.6. The second kappa shape index (κ2) is 20.7. The molecule has 2 aliphatic rings. The smallest absolute Gasteiger partial charge is 0.340 e. The second-order valence-corrected chi connectivity index (χ2v) is 17.5. The molecule has 0 saturated carbocycles. The molecule has 1 aromatic carbocycles. The Labute approximate surface area is 359 Å². The number of benzene rings is 1. The molecule has 2 aliphatic heterocycles. The molecule has 2 fully saturated rings. The Hall–Kier alpha value is -5.49. The summed E-state index contributed by atoms with van der Waals surface area (Å²) < 4.78 is 37.6. The summed E-state index contributed by atoms with van der Waals surface area (Å²) in [5, 5.41) is 28.6. The summed E-state index contributed by atoms with van der Waals surface area (Å²) in [5.74, 6) is -2.77. The molecule has 16 nitrogen and oxygen atoms in total. The monoisotopic (exact) mass is 883 g/mol. The zero-order chi connectivity index (χ0) is 44.5. The zero-order valence-electron chi connectivity index (χ0n) is 34.1. The van der Waals surface area contributed by atoms with Gasteiger partial charge in [0.05, 0.1) is 67.6 Å². The number of nitrogens with one attached hydrogen (secondary N) is 1. The largest absolute Gasteiger partial charge is 0.481 e. The van der Waals surface area contributed by atoms with Crippen molar-refractivity contribution in [2.45, 2.75) is 85.2 Å². The lowest BCUT2D eigenvalue weighted by molar-refractivity contribution is -0.142. The lowest BCUT2D eigenvalue weighted by Crippen LogP contribution is -2.43. The number of aromatic nitrogens is 2. The molecule has 2 N–H and O–H groups in total. The van der Waals surface area contributed by atoms with Crippen molar-refractivity contribution in [1.82, 2.24) is 14.7 Å². The van der Waals surface area contributed by atoms with Crippen molar-refractivity contribution in [3.63, 3.8) is 0 Å². The van der Waals surface area contributed by atoms with Crippen molar-refractivity contribution < 1.29 is 42.2 Å². The number of pyridine rings is 2. The number of nitriles is 2. The fourth-order valence-corrected chi connectivity index (χ4v) is 8.10. The van der Waals surface area contributed by atoms with Gasteiger partial charge in [-0.15, -0.1) is 0 Å². The molecule has 0 atom stereocenters. The number of hydrogen-bond acceptors (Lipinski definition) is 14. The maximum Gasteiger partial charge on any atom is 0.340 e. The van der Waals surface area contributed by atoms with E-state index in [1.807, 2.05) is 9.80 Å². The Morgan fingerprint density at radius 2 is 1.22 bits per heavy atom. The normalized spacial score (nSPS) is 14.7. The number of amides is 1. The van der Waals surface area contributed by atoms with Crippen LogP contribution in [-0.2, 0) is 34.8 Å². The molecule has 0 bridgehead atoms. The van der Waals surface area contributed by atoms with Crippen LogP contribution in [0.1, 0.15) is 102 Å². The molecule has 3 aromatic rings. The van der Waals surface area contributed by atoms with Crippen LogP contribution in [0.25, 0.3) is 0 Å². The standard InChI is InChI=1S/C24H26Cl2N4O5S.C17H21N3O4/c1-14(2)35-24(32)19-11-18(12-27)22(28-15(19)3)30-8-6-17(7-9-30)23(31)29-36(33,34)13-16-4-5-20(25)21(26)10-16;1-10(2)24-17(23)14-8-13(9-18)15(19-11(14)3)20-6-4-12(5-7-20)16(21)22/h4-5,10-11,14,17H,6-9,13H2,1-3H3,(H,29,31);8,10,12H,4-7H2,1-3H3,(H,21,22). The molecule has 2 aromatic heterocycles. The highest BCUT2D eigenvalue weighted by atomic mass is 35.5. The van der Waals surface area contributed by atoms with Gasteiger partial charge >= 0.3 is 17.9 Å². The number of sulfonamides is 1. The third-order valence-electron chi connectivity index (χ3n) is 9.66. The maximum absolute atomic E-state index is 12.7. The minimum absolute atomic E-state index is 0.225. The maximum atomic E-state index is 12.7. The molecule has 0 radical (unpaired) electrons. The van der Waals surface area contributed by atoms with Crippen LogP contribution >= 0.6 is 23.2 Å². The average Bonchev–Trinajstić information content (AvgIpc) is 3.18. The SMILES string of the molecule is Cc1nc(N2CCC(C(=O)NS(=O)(=O)Cc3ccc(Cl)c(Cl)c3)CC2)c(C#N)cc1C(=O)OC(C)C.Cc1nc(N2CCC(C(=O)O)CC2)c(C#N)cc1C(=O)OC(C)C. The van der Waals surface area contributed by atoms with Gasteiger partial charge in [-0.1, -0.05) is 29.3 Å². The number of nitrogens with zero attached hydrogens (tertiary/aromatic N) is 6. The number of hydrogen-bond donors (Lipinski definition) is 2. The van der Waals surface area contributed by atoms with Crippen molar-refractivity contribution in [1.29, 1.82) is 10.5 Å². The molecular formula is C41H47Cl2N7O9S. The molecule has 1 amide bonds. The highest BCUT2D eigenvalue weighted by Gasteiger charge is 2.31. The van der Waals surface area contributed by atoms with Gasteiger partial charge in [0.1, 0.15) is 23.8 Å². The fourth-order valence-electron chi connectivity index (χ4n) is 6.61. The third-order valence-corrected chi connectivity index (χ3v) is 11.6. The van der Waals surface area contributed by atoms with Gasteiger partial charge in [0.25, 0.3) is 0 Å². The van der Waals surface area contributed by atoms with Gasteiger partial charge in [-0.25, -0.2) is 28.0 Å². The van der Waals surface area contributed by atoms with E-state index in [2.05, 4.69) is 26.8 Å². The Kier molecular flexibility index (Phi) is 16.2. The number of anilines is 2. The van der Waals surface area contributed by atoms with Gasteiger partial charge in [0.15, 0.2) is 0 Å². The van der Waals surface area contributed by atoms with Crippen LogP contribution in [0.15, 0.2) is 30.3 Å². The number of carbonyl (C=O) groups excluding carboxylic acids is 3. The number of ether oxygens (including phenoxy) is 2. The van der Waals surface area contributed by atoms with E-state index in [1.165, 1.54) is 30.3 Å². The summed E-state index contributed by atoms with van der Waals surface area (Å²) in [6, 6.07) is 11.6. The molecule has 2 saturated heterocycles. The number of carbonyl (C=O) groups is 4. The molecule has 5 rings (SSSR count). The molecule has 19 heteroatoms. The summed E-state index contributed by atoms with van der Waals surface area (Å²) in [5.41, 5.74) is 2.37. The number of rotatable bonds is 11. The zero-order valence-corrected chi connectivity index (χ0v) is 36.4. The Bertz CT molecular complexity index is 2310. The molecule has 0 aliphatic carbocycles. The van der Waals surface area contributed by atoms with Gasteiger partial charge < -0.3 is 24.4 Å². The summed E-state index contributed by atoms with van der Waals surface area (Å²) in [7, 11) is -3.93. The molecule has 60 heavy (non-hydrogen) atoms. The Morgan fingerprint density at radius 1 is 0.783 bits per heavy atom. The van der Waals surface area contributed by atoms with Gasteiger partial charge in [-0.2, -0.15) is 10.5 Å². The van der Waals surface area contributed by atoms with Crippen LogP contribution < -0.4 is 14.5 Å². The van der Waals surface area contributed by atoms with E-state index in [4.69, 9.17) is 37.8 Å². The van der Waals surface area contributed by atoms with E-state index in [1.54, 1.807) is 41.5 Å². The van der Waals surface area contributed by atoms with Crippen LogP contribution in [0.5, 0.6) is 0 Å². The van der Waals surface area contributed by atoms with E-state index in [0.29, 0.717) is 91.0 Å². The highest BCUT2D eigenvalue weighted by Crippen LogP contribution is 2.29. The predicted octanol–water partition coefficient (Wildman–Crippen LogP) is 6.12. The van der Waals surface area contributed by atoms with Crippen molar-refractivity contribution >= 4 is 68.7 Å². The Balaban J connectivity index is 0.000000287. The van der Waals surface area contributed by atoms with Crippen molar-refractivity contribution in [3.8, 4) is 12.1 Å². The highest BCUT2D eigenvalue weighted by molar-refractivity contribution is 7.89. The average molecular weight is 885 g/mol. The summed E-state index contributed by atoms with van der Waals surface area (Å²) in [6.45, 7) is 12.2. The summed E-state index contributed by atoms with van der Waals surface area (Å²) >= 11 is 11.8. The van der Waals surface area contributed by atoms with Gasteiger partial charge in [-0.05, 0) is 97.1 Å². The van der Waals surface area contributed by atoms with E-state index < -0.39 is 45.5 Å². The van der Waals surface area contributed by atoms with E-state index in [0.717, 1.165) is 0 Å². The number of piperidine rings is 2. The van der Waals surface area contributed by atoms with E-state index >= 15 is 0 Å². The van der Waals surface area contributed by atoms with Gasteiger partial charge in [-0.3, -0.25) is 14.3 Å². The lowest BCUT2D eigenvalue weighted by atomic mass is 9.96. The number of aryl methyl sites for hydroxylation is 2. The van der Waals surface area contributed by atoms with Gasteiger partial charge in [0, 0.05) is 32.1 Å². The van der Waals surface area contributed by atoms with E-state index in [9.17, 15) is 38.1 Å². The molecule has 4 heterocycles. The van der Waals surface area contributed by atoms with Gasteiger partial charge in [0.2, 0.25) is 15.9 Å². The quantitative estimate of drug-likeness (QED) is 0.206. The number of aliphatic carboxylic acids is 1. The molecular weight excluding hydrogens is 837 g/mol. The van der Waals surface area contributed by atoms with E-state index in [-0.39, 0.29) is 39.8 Å². The first-order chi connectivity index (χ1) is 28.2. The van der Waals surface area contributed by atoms with Crippen LogP contribution in [0.2, 0.25) is 10.0 Å². The van der Waals surface area contributed by atoms with Crippen molar-refractivity contribution in [3.05, 3.63) is 79.6 Å². The minimum Gasteiger partial charge on any atom is -0.481 e. The molecule has 0 spiro atoms. The Morgan fingerprint density at radius 3 is 1.60 bits per heavy atom. The van der Waals surface area contributed by atoms with Crippen molar-refractivity contribution in [2.75, 3.05) is 36.0 Å². The van der Waals surface area contributed by atoms with Crippen LogP contribution in [0.3, 0.4) is 0 Å². The van der Waals surface area contributed by atoms with Crippen LogP contribution in [0, 0.1) is 48.3 Å². The second-order valence-electron chi connectivity index (χ2n) is 15.0. The molecule has 320 valence electrons. The van der Waals surface area contributed by atoms with Crippen LogP contribution in [-0.4, -0.2) is 85.7 Å². The fraction of sp³-hybridized carbons (Fsp3) is 0.463. The number of esters is 2. The summed E-state index contributed by atoms with van der Waals surface area (Å²) in [6.07, 6.45) is 1.21. The number of carboxylic acid groups (broad SMARTS) is 1. The minimum atomic E-state index is -3.93. The predicted molar refractivity (Wildman–Crippen MR) is 223 cm³/mol. The summed E-state index contributed by atoms with van der Waals surface area (Å²) in [4.78, 5) is 60.8. The topological polar surface area (TPSA) is 233 Å². The number of halogens is 2.